The fourth-order valence-corrected chi connectivity index (χ4v) is 4.27. The fraction of sp³-hybridized carbons (Fsp3) is 0.318. The van der Waals surface area contributed by atoms with Crippen molar-refractivity contribution in [3.8, 4) is 5.75 Å². The molecule has 0 aliphatic carbocycles. The van der Waals surface area contributed by atoms with Crippen molar-refractivity contribution in [2.24, 2.45) is 15.9 Å². The van der Waals surface area contributed by atoms with E-state index in [1.807, 2.05) is 32.0 Å². The lowest BCUT2D eigenvalue weighted by atomic mass is 10.00. The lowest BCUT2D eigenvalue weighted by Gasteiger charge is -2.13. The monoisotopic (exact) mass is 394 g/mol. The highest BCUT2D eigenvalue weighted by Gasteiger charge is 2.37. The second-order valence-corrected chi connectivity index (χ2v) is 8.51. The summed E-state index contributed by atoms with van der Waals surface area (Å²) in [4.78, 5) is 22.2. The molecule has 1 unspecified atom stereocenters. The number of nitrogens with zero attached hydrogens (tertiary/aromatic N) is 2. The molecule has 1 amide bonds. The van der Waals surface area contributed by atoms with Gasteiger partial charge in [-0.2, -0.15) is 4.99 Å². The molecule has 2 aliphatic heterocycles. The molecule has 2 aliphatic rings. The molecule has 0 bridgehead atoms. The van der Waals surface area contributed by atoms with E-state index in [0.29, 0.717) is 29.9 Å². The first kappa shape index (κ1) is 18.7. The Kier molecular flexibility index (Phi) is 4.98. The Morgan fingerprint density at radius 2 is 1.86 bits per heavy atom. The first-order chi connectivity index (χ1) is 13.4. The number of aliphatic imine (C=N–C) groups is 2. The summed E-state index contributed by atoms with van der Waals surface area (Å²) in [5, 5.41) is 0.782. The molecule has 0 fully saturated rings. The van der Waals surface area contributed by atoms with Crippen LogP contribution in [0.15, 0.2) is 61.3 Å². The molecule has 0 N–H and O–H groups in total. The summed E-state index contributed by atoms with van der Waals surface area (Å²) in [6.07, 6.45) is 0. The van der Waals surface area contributed by atoms with Crippen molar-refractivity contribution in [2.75, 3.05) is 0 Å². The number of rotatable bonds is 5. The van der Waals surface area contributed by atoms with Gasteiger partial charge in [-0.15, -0.1) is 0 Å². The summed E-state index contributed by atoms with van der Waals surface area (Å²) in [5.74, 6) is 2.25. The van der Waals surface area contributed by atoms with Gasteiger partial charge in [0.25, 0.3) is 5.91 Å². The van der Waals surface area contributed by atoms with Gasteiger partial charge in [-0.1, -0.05) is 37.7 Å². The van der Waals surface area contributed by atoms with Crippen molar-refractivity contribution in [1.29, 1.82) is 0 Å². The maximum Gasteiger partial charge on any atom is 0.261 e. The van der Waals surface area contributed by atoms with Gasteiger partial charge in [0, 0.05) is 0 Å². The van der Waals surface area contributed by atoms with Crippen LogP contribution in [0.5, 0.6) is 5.75 Å². The van der Waals surface area contributed by atoms with Crippen molar-refractivity contribution in [3.05, 3.63) is 64.0 Å². The highest BCUT2D eigenvalue weighted by Crippen LogP contribution is 2.40. The predicted molar refractivity (Wildman–Crippen MR) is 112 cm³/mol. The van der Waals surface area contributed by atoms with Crippen LogP contribution in [0.4, 0.5) is 0 Å². The average molecular weight is 394 g/mol. The summed E-state index contributed by atoms with van der Waals surface area (Å²) in [6.45, 7) is 8.59. The molecule has 0 saturated carbocycles. The van der Waals surface area contributed by atoms with Crippen LogP contribution in [-0.2, 0) is 11.4 Å². The van der Waals surface area contributed by atoms with Crippen LogP contribution in [0.3, 0.4) is 0 Å². The lowest BCUT2D eigenvalue weighted by molar-refractivity contribution is -0.118. The first-order valence-electron chi connectivity index (χ1n) is 9.30. The molecule has 1 aromatic carbocycles. The van der Waals surface area contributed by atoms with Crippen LogP contribution in [-0.4, -0.2) is 16.8 Å². The van der Waals surface area contributed by atoms with Crippen molar-refractivity contribution < 1.29 is 13.9 Å². The van der Waals surface area contributed by atoms with E-state index in [1.54, 1.807) is 6.07 Å². The topological polar surface area (TPSA) is 64.2 Å². The second kappa shape index (κ2) is 7.43. The number of carbonyl (C=O) groups excluding carboxylic acids is 1. The number of allylic oxidation sites excluding steroid dienone is 1. The van der Waals surface area contributed by atoms with Crippen LogP contribution in [0.2, 0.25) is 0 Å². The summed E-state index contributed by atoms with van der Waals surface area (Å²) >= 11 is 1.54. The molecule has 144 valence electrons. The van der Waals surface area contributed by atoms with Crippen molar-refractivity contribution in [2.45, 2.75) is 40.2 Å². The molecule has 5 nitrogen and oxygen atoms in total. The van der Waals surface area contributed by atoms with Crippen LogP contribution in [0.1, 0.15) is 50.7 Å². The van der Waals surface area contributed by atoms with Crippen LogP contribution < -0.4 is 4.74 Å². The van der Waals surface area contributed by atoms with Crippen LogP contribution in [0.25, 0.3) is 0 Å². The van der Waals surface area contributed by atoms with Crippen molar-refractivity contribution in [1.82, 2.24) is 0 Å². The third kappa shape index (κ3) is 3.56. The molecule has 6 heteroatoms. The Morgan fingerprint density at radius 3 is 2.57 bits per heavy atom. The number of ether oxygens (including phenoxy) is 1. The molecule has 0 spiro atoms. The SMILES string of the molecule is CC1=C(C)C2C(=O)N=C(c3ccc(COc4ccc(C(C)C)cc4)o3)N=C2S1. The molecule has 3 heterocycles. The average Bonchev–Trinajstić information content (AvgIpc) is 3.25. The Bertz CT molecular complexity index is 1010. The Labute approximate surface area is 168 Å². The van der Waals surface area contributed by atoms with Crippen molar-refractivity contribution in [3.63, 3.8) is 0 Å². The van der Waals surface area contributed by atoms with E-state index >= 15 is 0 Å². The number of hydrogen-bond donors (Lipinski definition) is 0. The molecular formula is C22H22N2O3S. The highest BCUT2D eigenvalue weighted by molar-refractivity contribution is 8.17. The molecule has 2 aromatic rings. The van der Waals surface area contributed by atoms with E-state index in [0.717, 1.165) is 21.3 Å². The molecule has 28 heavy (non-hydrogen) atoms. The van der Waals surface area contributed by atoms with Gasteiger partial charge in [-0.25, -0.2) is 4.99 Å². The number of benzene rings is 1. The van der Waals surface area contributed by atoms with E-state index in [4.69, 9.17) is 9.15 Å². The van der Waals surface area contributed by atoms with Gasteiger partial charge in [0.1, 0.15) is 24.0 Å². The van der Waals surface area contributed by atoms with Crippen LogP contribution >= 0.6 is 11.8 Å². The van der Waals surface area contributed by atoms with E-state index in [2.05, 4.69) is 36.0 Å². The Balaban J connectivity index is 1.44. The van der Waals surface area contributed by atoms with Gasteiger partial charge in [-0.3, -0.25) is 4.79 Å². The zero-order valence-electron chi connectivity index (χ0n) is 16.4. The van der Waals surface area contributed by atoms with E-state index in [-0.39, 0.29) is 11.8 Å². The minimum atomic E-state index is -0.319. The van der Waals surface area contributed by atoms with Crippen LogP contribution in [0, 0.1) is 5.92 Å². The quantitative estimate of drug-likeness (QED) is 0.688. The normalized spacial score (nSPS) is 19.0. The zero-order chi connectivity index (χ0) is 19.8. The van der Waals surface area contributed by atoms with Gasteiger partial charge < -0.3 is 9.15 Å². The smallest absolute Gasteiger partial charge is 0.261 e. The number of fused-ring (bicyclic) bond motifs is 1. The molecule has 1 aromatic heterocycles. The number of amides is 1. The molecular weight excluding hydrogens is 372 g/mol. The largest absolute Gasteiger partial charge is 0.486 e. The van der Waals surface area contributed by atoms with E-state index in [1.165, 1.54) is 17.3 Å². The minimum absolute atomic E-state index is 0.179. The Hall–Kier alpha value is -2.60. The zero-order valence-corrected chi connectivity index (χ0v) is 17.2. The fourth-order valence-electron chi connectivity index (χ4n) is 3.15. The number of hydrogen-bond acceptors (Lipinski definition) is 5. The molecule has 1 atom stereocenters. The standard InChI is InChI=1S/C22H22N2O3S/c1-12(2)15-5-7-16(8-6-15)26-11-17-9-10-18(27-17)20-23-21(25)19-13(3)14(4)28-22(19)24-20/h5-10,12,19H,11H2,1-4H3. The highest BCUT2D eigenvalue weighted by atomic mass is 32.2. The second-order valence-electron chi connectivity index (χ2n) is 7.28. The first-order valence-corrected chi connectivity index (χ1v) is 10.1. The maximum atomic E-state index is 12.4. The van der Waals surface area contributed by atoms with E-state index in [9.17, 15) is 4.79 Å². The molecule has 4 rings (SSSR count). The number of thioether (sulfide) groups is 1. The van der Waals surface area contributed by atoms with Gasteiger partial charge in [0.2, 0.25) is 0 Å². The summed E-state index contributed by atoms with van der Waals surface area (Å²) in [5.41, 5.74) is 2.31. The van der Waals surface area contributed by atoms with Gasteiger partial charge in [0.05, 0.1) is 5.04 Å². The number of amidine groups is 1. The summed E-state index contributed by atoms with van der Waals surface area (Å²) in [6, 6.07) is 11.7. The van der Waals surface area contributed by atoms with Crippen molar-refractivity contribution >= 4 is 28.5 Å². The minimum Gasteiger partial charge on any atom is -0.486 e. The Morgan fingerprint density at radius 1 is 1.11 bits per heavy atom. The van der Waals surface area contributed by atoms with E-state index < -0.39 is 0 Å². The molecule has 0 saturated heterocycles. The summed E-state index contributed by atoms with van der Waals surface area (Å²) < 4.78 is 11.6. The molecule has 0 radical (unpaired) electrons. The third-order valence-electron chi connectivity index (χ3n) is 4.98. The van der Waals surface area contributed by atoms with Gasteiger partial charge in [-0.05, 0) is 60.1 Å². The number of furan rings is 1. The maximum absolute atomic E-state index is 12.4. The lowest BCUT2D eigenvalue weighted by Crippen LogP contribution is -2.25. The van der Waals surface area contributed by atoms with Gasteiger partial charge in [0.15, 0.2) is 11.6 Å². The third-order valence-corrected chi connectivity index (χ3v) is 6.15. The van der Waals surface area contributed by atoms with Gasteiger partial charge >= 0.3 is 0 Å². The summed E-state index contributed by atoms with van der Waals surface area (Å²) in [7, 11) is 0. The predicted octanol–water partition coefficient (Wildman–Crippen LogP) is 5.32. The number of carbonyl (C=O) groups is 1.